The maximum atomic E-state index is 14.9. The molecular weight excluding hydrogens is 551 g/mol. The van der Waals surface area contributed by atoms with Gasteiger partial charge in [-0.1, -0.05) is 12.1 Å². The molecule has 9 nitrogen and oxygen atoms in total. The van der Waals surface area contributed by atoms with Crippen LogP contribution in [0.25, 0.3) is 11.0 Å². The molecule has 2 saturated heterocycles. The van der Waals surface area contributed by atoms with Gasteiger partial charge in [-0.25, -0.2) is 14.2 Å². The van der Waals surface area contributed by atoms with Gasteiger partial charge in [0.25, 0.3) is 5.79 Å². The average Bonchev–Trinajstić information content (AvgIpc) is 3.51. The number of halogens is 1. The van der Waals surface area contributed by atoms with Crippen LogP contribution < -0.4 is 9.47 Å². The number of ether oxygens (including phenoxy) is 3. The minimum Gasteiger partial charge on any atom is -0.478 e. The number of carboxylic acids is 1. The minimum atomic E-state index is -1.33. The molecule has 7 rings (SSSR count). The third-order valence-corrected chi connectivity index (χ3v) is 8.84. The van der Waals surface area contributed by atoms with E-state index in [1.807, 2.05) is 18.2 Å². The number of para-hydroxylation sites is 1. The van der Waals surface area contributed by atoms with E-state index in [2.05, 4.69) is 15.5 Å². The summed E-state index contributed by atoms with van der Waals surface area (Å²) in [4.78, 5) is 18.9. The highest BCUT2D eigenvalue weighted by Crippen LogP contribution is 2.49. The van der Waals surface area contributed by atoms with E-state index < -0.39 is 17.6 Å². The Balaban J connectivity index is 1.08. The fourth-order valence-electron chi connectivity index (χ4n) is 6.40. The molecule has 1 aromatic heterocycles. The zero-order valence-electron chi connectivity index (χ0n) is 23.8. The Morgan fingerprint density at radius 1 is 1.14 bits per heavy atom. The number of nitrogens with zero attached hydrogens (tertiary/aromatic N) is 4. The summed E-state index contributed by atoms with van der Waals surface area (Å²) in [5.41, 5.74) is 3.38. The van der Waals surface area contributed by atoms with Crippen molar-refractivity contribution >= 4 is 17.0 Å². The number of piperidine rings is 1. The summed E-state index contributed by atoms with van der Waals surface area (Å²) in [6, 6.07) is 17.2. The largest absolute Gasteiger partial charge is 0.478 e. The van der Waals surface area contributed by atoms with E-state index in [9.17, 15) is 14.3 Å². The second kappa shape index (κ2) is 10.7. The van der Waals surface area contributed by atoms with Gasteiger partial charge >= 0.3 is 5.97 Å². The van der Waals surface area contributed by atoms with E-state index in [0.717, 1.165) is 61.4 Å². The van der Waals surface area contributed by atoms with Crippen molar-refractivity contribution in [3.05, 3.63) is 88.5 Å². The summed E-state index contributed by atoms with van der Waals surface area (Å²) in [7, 11) is 0. The van der Waals surface area contributed by atoms with Crippen LogP contribution in [0.4, 0.5) is 4.39 Å². The van der Waals surface area contributed by atoms with Crippen LogP contribution in [0, 0.1) is 17.1 Å². The highest BCUT2D eigenvalue weighted by molar-refractivity contribution is 5.92. The summed E-state index contributed by atoms with van der Waals surface area (Å²) in [6.45, 7) is 5.45. The third-order valence-electron chi connectivity index (χ3n) is 8.84. The molecule has 0 radical (unpaired) electrons. The Morgan fingerprint density at radius 2 is 1.95 bits per heavy atom. The normalized spacial score (nSPS) is 21.9. The second-order valence-corrected chi connectivity index (χ2v) is 11.6. The predicted molar refractivity (Wildman–Crippen MR) is 154 cm³/mol. The Kier molecular flexibility index (Phi) is 6.79. The van der Waals surface area contributed by atoms with Crippen LogP contribution in [0.2, 0.25) is 0 Å². The Hall–Kier alpha value is -4.46. The molecule has 10 heteroatoms. The molecule has 0 bridgehead atoms. The fourth-order valence-corrected chi connectivity index (χ4v) is 6.40. The van der Waals surface area contributed by atoms with E-state index in [4.69, 9.17) is 24.5 Å². The lowest BCUT2D eigenvalue weighted by molar-refractivity contribution is -0.0712. The fraction of sp³-hybridized carbons (Fsp3) is 0.364. The minimum absolute atomic E-state index is 0.112. The molecule has 0 unspecified atom stereocenters. The standard InChI is InChI=1S/C33H31FN4O5/c1-33(25-7-5-20(17-35)15-26(25)34)42-29-4-2-3-24(31(29)43-33)21-9-12-37(13-10-21)19-30-36-27-8-6-22(32(39)40)16-28(27)38(30)18-23-11-14-41-23/h2-8,15-16,21,23H,9-14,18-19H2,1H3,(H,39,40)/t23-,33+/m0/s1. The Bertz CT molecular complexity index is 1770. The van der Waals surface area contributed by atoms with Crippen molar-refractivity contribution in [2.75, 3.05) is 19.7 Å². The van der Waals surface area contributed by atoms with E-state index in [-0.39, 0.29) is 28.7 Å². The predicted octanol–water partition coefficient (Wildman–Crippen LogP) is 5.56. The first-order chi connectivity index (χ1) is 20.8. The van der Waals surface area contributed by atoms with Gasteiger partial charge in [0.05, 0.1) is 53.0 Å². The number of carbonyl (C=O) groups is 1. The van der Waals surface area contributed by atoms with E-state index in [1.54, 1.807) is 37.3 Å². The maximum absolute atomic E-state index is 14.9. The Labute approximate surface area is 248 Å². The first kappa shape index (κ1) is 27.4. The number of hydrogen-bond donors (Lipinski definition) is 1. The van der Waals surface area contributed by atoms with Gasteiger partial charge in [-0.2, -0.15) is 5.26 Å². The van der Waals surface area contributed by atoms with Gasteiger partial charge in [-0.3, -0.25) is 4.90 Å². The van der Waals surface area contributed by atoms with Crippen molar-refractivity contribution in [1.29, 1.82) is 5.26 Å². The third kappa shape index (κ3) is 4.98. The Morgan fingerprint density at radius 3 is 2.65 bits per heavy atom. The molecule has 4 heterocycles. The number of hydrogen-bond acceptors (Lipinski definition) is 7. The van der Waals surface area contributed by atoms with Gasteiger partial charge in [-0.15, -0.1) is 0 Å². The number of rotatable bonds is 7. The lowest BCUT2D eigenvalue weighted by Gasteiger charge is -2.33. The molecule has 2 atom stereocenters. The second-order valence-electron chi connectivity index (χ2n) is 11.6. The van der Waals surface area contributed by atoms with Crippen molar-refractivity contribution in [3.8, 4) is 17.6 Å². The number of carboxylic acid groups (broad SMARTS) is 1. The number of imidazole rings is 1. The van der Waals surface area contributed by atoms with Gasteiger partial charge in [0.1, 0.15) is 11.6 Å². The molecule has 3 aromatic carbocycles. The van der Waals surface area contributed by atoms with Crippen LogP contribution in [0.3, 0.4) is 0 Å². The molecular formula is C33H31FN4O5. The molecule has 0 aliphatic carbocycles. The van der Waals surface area contributed by atoms with Gasteiger partial charge in [0.2, 0.25) is 0 Å². The quantitative estimate of drug-likeness (QED) is 0.302. The van der Waals surface area contributed by atoms with Crippen LogP contribution in [0.1, 0.15) is 65.0 Å². The van der Waals surface area contributed by atoms with Crippen molar-refractivity contribution < 1.29 is 28.5 Å². The monoisotopic (exact) mass is 582 g/mol. The van der Waals surface area contributed by atoms with Gasteiger partial charge in [0.15, 0.2) is 11.5 Å². The van der Waals surface area contributed by atoms with Crippen molar-refractivity contribution in [3.63, 3.8) is 0 Å². The van der Waals surface area contributed by atoms with Gasteiger partial charge < -0.3 is 23.9 Å². The smallest absolute Gasteiger partial charge is 0.335 e. The molecule has 3 aliphatic rings. The number of likely N-dealkylation sites (tertiary alicyclic amines) is 1. The highest BCUT2D eigenvalue weighted by atomic mass is 19.1. The molecule has 0 amide bonds. The topological polar surface area (TPSA) is 110 Å². The van der Waals surface area contributed by atoms with E-state index in [0.29, 0.717) is 24.6 Å². The number of aromatic carboxylic acids is 1. The van der Waals surface area contributed by atoms with Gasteiger partial charge in [-0.05, 0) is 80.7 Å². The number of nitriles is 1. The first-order valence-electron chi connectivity index (χ1n) is 14.6. The van der Waals surface area contributed by atoms with Crippen LogP contribution in [-0.2, 0) is 23.6 Å². The van der Waals surface area contributed by atoms with Crippen LogP contribution in [0.5, 0.6) is 11.5 Å². The van der Waals surface area contributed by atoms with Gasteiger partial charge in [0, 0.05) is 19.1 Å². The summed E-state index contributed by atoms with van der Waals surface area (Å²) in [6.07, 6.45) is 2.89. The SMILES string of the molecule is C[C@@]1(c2ccc(C#N)cc2F)Oc2cccc(C3CCN(Cc4nc5ccc(C(=O)O)cc5n4C[C@@H]4CCO4)CC3)c2O1. The number of aromatic nitrogens is 2. The van der Waals surface area contributed by atoms with Crippen molar-refractivity contribution in [1.82, 2.24) is 14.5 Å². The number of benzene rings is 3. The summed E-state index contributed by atoms with van der Waals surface area (Å²) >= 11 is 0. The molecule has 43 heavy (non-hydrogen) atoms. The lowest BCUT2D eigenvalue weighted by atomic mass is 9.88. The highest BCUT2D eigenvalue weighted by Gasteiger charge is 2.43. The molecule has 220 valence electrons. The van der Waals surface area contributed by atoms with Crippen LogP contribution in [0.15, 0.2) is 54.6 Å². The molecule has 4 aromatic rings. The first-order valence-corrected chi connectivity index (χ1v) is 14.6. The zero-order valence-corrected chi connectivity index (χ0v) is 23.8. The van der Waals surface area contributed by atoms with Crippen molar-refractivity contribution in [2.45, 2.75) is 57.1 Å². The van der Waals surface area contributed by atoms with Crippen LogP contribution in [-0.4, -0.2) is 51.3 Å². The van der Waals surface area contributed by atoms with E-state index in [1.165, 1.54) is 6.07 Å². The molecule has 1 N–H and O–H groups in total. The zero-order chi connectivity index (χ0) is 29.7. The maximum Gasteiger partial charge on any atom is 0.335 e. The summed E-state index contributed by atoms with van der Waals surface area (Å²) in [5.74, 6) is -0.462. The molecule has 3 aliphatic heterocycles. The molecule has 0 saturated carbocycles. The summed E-state index contributed by atoms with van der Waals surface area (Å²) < 4.78 is 35.3. The average molecular weight is 583 g/mol. The summed E-state index contributed by atoms with van der Waals surface area (Å²) in [5, 5.41) is 18.6. The molecule has 2 fully saturated rings. The number of fused-ring (bicyclic) bond motifs is 2. The van der Waals surface area contributed by atoms with E-state index >= 15 is 0 Å². The van der Waals surface area contributed by atoms with Crippen molar-refractivity contribution in [2.24, 2.45) is 0 Å². The lowest BCUT2D eigenvalue weighted by Crippen LogP contribution is -2.35. The molecule has 0 spiro atoms. The van der Waals surface area contributed by atoms with Crippen LogP contribution >= 0.6 is 0 Å².